The summed E-state index contributed by atoms with van der Waals surface area (Å²) in [5.41, 5.74) is 5.90. The van der Waals surface area contributed by atoms with Gasteiger partial charge in [-0.1, -0.05) is 37.3 Å². The summed E-state index contributed by atoms with van der Waals surface area (Å²) in [6.07, 6.45) is 2.07. The van der Waals surface area contributed by atoms with Crippen molar-refractivity contribution < 1.29 is 0 Å². The van der Waals surface area contributed by atoms with E-state index in [0.717, 1.165) is 36.0 Å². The number of fused-ring (bicyclic) bond motifs is 1. The fourth-order valence-corrected chi connectivity index (χ4v) is 3.57. The highest BCUT2D eigenvalue weighted by atomic mass is 15.3. The Morgan fingerprint density at radius 3 is 2.62 bits per heavy atom. The van der Waals surface area contributed by atoms with E-state index in [-0.39, 0.29) is 0 Å². The summed E-state index contributed by atoms with van der Waals surface area (Å²) in [5, 5.41) is 3.42. The van der Waals surface area contributed by atoms with Crippen LogP contribution >= 0.6 is 0 Å². The Morgan fingerprint density at radius 1 is 1.08 bits per heavy atom. The molecule has 1 unspecified atom stereocenters. The van der Waals surface area contributed by atoms with Crippen LogP contribution in [-0.2, 0) is 12.8 Å². The third-order valence-electron chi connectivity index (χ3n) is 4.90. The zero-order valence-electron chi connectivity index (χ0n) is 15.5. The average molecular weight is 344 g/mol. The van der Waals surface area contributed by atoms with Gasteiger partial charge < -0.3 is 10.2 Å². The van der Waals surface area contributed by atoms with Crippen LogP contribution in [0.1, 0.15) is 30.7 Å². The molecule has 0 bridgehead atoms. The van der Waals surface area contributed by atoms with Crippen LogP contribution in [0.4, 0.5) is 23.1 Å². The molecule has 1 atom stereocenters. The van der Waals surface area contributed by atoms with E-state index < -0.39 is 0 Å². The van der Waals surface area contributed by atoms with E-state index in [1.165, 1.54) is 16.8 Å². The van der Waals surface area contributed by atoms with Gasteiger partial charge in [0.15, 0.2) is 0 Å². The molecule has 1 aliphatic rings. The number of aryl methyl sites for hydroxylation is 2. The quantitative estimate of drug-likeness (QED) is 0.708. The molecule has 0 saturated carbocycles. The van der Waals surface area contributed by atoms with Crippen molar-refractivity contribution in [2.75, 3.05) is 10.2 Å². The molecule has 26 heavy (non-hydrogen) atoms. The van der Waals surface area contributed by atoms with Crippen molar-refractivity contribution in [2.45, 2.75) is 39.7 Å². The molecule has 3 aromatic rings. The lowest BCUT2D eigenvalue weighted by molar-refractivity contribution is 0.738. The summed E-state index contributed by atoms with van der Waals surface area (Å²) in [4.78, 5) is 11.8. The Hall–Kier alpha value is -2.88. The topological polar surface area (TPSA) is 41.1 Å². The molecule has 1 aromatic heterocycles. The zero-order chi connectivity index (χ0) is 18.1. The predicted molar refractivity (Wildman–Crippen MR) is 108 cm³/mol. The second-order valence-corrected chi connectivity index (χ2v) is 6.92. The molecular formula is C22H24N4. The lowest BCUT2D eigenvalue weighted by Gasteiger charge is -2.23. The molecule has 4 rings (SSSR count). The van der Waals surface area contributed by atoms with Crippen molar-refractivity contribution in [1.29, 1.82) is 0 Å². The molecule has 0 spiro atoms. The second kappa shape index (κ2) is 6.79. The minimum Gasteiger partial charge on any atom is -0.340 e. The first-order chi connectivity index (χ1) is 12.6. The van der Waals surface area contributed by atoms with E-state index in [9.17, 15) is 0 Å². The van der Waals surface area contributed by atoms with E-state index in [1.807, 2.05) is 13.0 Å². The van der Waals surface area contributed by atoms with Gasteiger partial charge in [-0.15, -0.1) is 0 Å². The Bertz CT molecular complexity index is 918. The van der Waals surface area contributed by atoms with Gasteiger partial charge in [0, 0.05) is 29.2 Å². The van der Waals surface area contributed by atoms with E-state index in [2.05, 4.69) is 72.6 Å². The van der Waals surface area contributed by atoms with E-state index >= 15 is 0 Å². The maximum atomic E-state index is 4.81. The van der Waals surface area contributed by atoms with Gasteiger partial charge >= 0.3 is 0 Å². The summed E-state index contributed by atoms with van der Waals surface area (Å²) in [5.74, 6) is 1.59. The van der Waals surface area contributed by atoms with Crippen molar-refractivity contribution >= 4 is 23.1 Å². The molecule has 4 nitrogen and oxygen atoms in total. The largest absolute Gasteiger partial charge is 0.340 e. The highest BCUT2D eigenvalue weighted by molar-refractivity contribution is 5.68. The minimum absolute atomic E-state index is 0.353. The summed E-state index contributed by atoms with van der Waals surface area (Å²) < 4.78 is 0. The van der Waals surface area contributed by atoms with Crippen LogP contribution < -0.4 is 10.2 Å². The number of nitrogens with one attached hydrogen (secondary N) is 1. The van der Waals surface area contributed by atoms with Gasteiger partial charge in [0.1, 0.15) is 5.82 Å². The lowest BCUT2D eigenvalue weighted by atomic mass is 10.1. The van der Waals surface area contributed by atoms with Gasteiger partial charge in [0.05, 0.1) is 0 Å². The van der Waals surface area contributed by atoms with Gasteiger partial charge in [-0.3, -0.25) is 0 Å². The standard InChI is InChI=1S/C22H24N4/c1-4-17-9-11-19(12-10-17)24-21-13-15(2)23-22(25-21)26-16(3)14-18-7-5-6-8-20(18)26/h5-13,16H,4,14H2,1-3H3,(H,23,24,25). The third kappa shape index (κ3) is 3.15. The number of benzene rings is 2. The molecule has 1 aliphatic heterocycles. The van der Waals surface area contributed by atoms with Crippen LogP contribution in [-0.4, -0.2) is 16.0 Å². The first-order valence-corrected chi connectivity index (χ1v) is 9.23. The molecule has 1 N–H and O–H groups in total. The lowest BCUT2D eigenvalue weighted by Crippen LogP contribution is -2.26. The van der Waals surface area contributed by atoms with E-state index in [1.54, 1.807) is 0 Å². The summed E-state index contributed by atoms with van der Waals surface area (Å²) in [7, 11) is 0. The van der Waals surface area contributed by atoms with Crippen molar-refractivity contribution in [3.63, 3.8) is 0 Å². The molecule has 4 heteroatoms. The van der Waals surface area contributed by atoms with Crippen LogP contribution in [0.3, 0.4) is 0 Å². The fourth-order valence-electron chi connectivity index (χ4n) is 3.57. The Balaban J connectivity index is 1.66. The fraction of sp³-hybridized carbons (Fsp3) is 0.273. The van der Waals surface area contributed by atoms with Crippen molar-refractivity contribution in [3.8, 4) is 0 Å². The summed E-state index contributed by atoms with van der Waals surface area (Å²) in [6.45, 7) is 6.41. The highest BCUT2D eigenvalue weighted by Gasteiger charge is 2.29. The molecule has 0 amide bonds. The van der Waals surface area contributed by atoms with Gasteiger partial charge in [-0.05, 0) is 56.0 Å². The number of rotatable bonds is 4. The Morgan fingerprint density at radius 2 is 1.85 bits per heavy atom. The number of anilines is 4. The monoisotopic (exact) mass is 344 g/mol. The first kappa shape index (κ1) is 16.6. The first-order valence-electron chi connectivity index (χ1n) is 9.23. The predicted octanol–water partition coefficient (Wildman–Crippen LogP) is 5.17. The maximum Gasteiger partial charge on any atom is 0.232 e. The SMILES string of the molecule is CCc1ccc(Nc2cc(C)nc(N3c4ccccc4CC3C)n2)cc1. The van der Waals surface area contributed by atoms with Crippen LogP contribution in [0.25, 0.3) is 0 Å². The number of para-hydroxylation sites is 1. The minimum atomic E-state index is 0.353. The number of nitrogens with zero attached hydrogens (tertiary/aromatic N) is 3. The molecule has 132 valence electrons. The normalized spacial score (nSPS) is 15.8. The summed E-state index contributed by atoms with van der Waals surface area (Å²) in [6, 6.07) is 19.4. The van der Waals surface area contributed by atoms with Gasteiger partial charge in [0.25, 0.3) is 0 Å². The zero-order valence-corrected chi connectivity index (χ0v) is 15.5. The van der Waals surface area contributed by atoms with Gasteiger partial charge in [-0.25, -0.2) is 4.98 Å². The Labute approximate surface area is 154 Å². The maximum absolute atomic E-state index is 4.81. The van der Waals surface area contributed by atoms with Gasteiger partial charge in [-0.2, -0.15) is 4.98 Å². The van der Waals surface area contributed by atoms with Crippen LogP contribution in [0, 0.1) is 6.92 Å². The molecule has 0 aliphatic carbocycles. The van der Waals surface area contributed by atoms with Crippen molar-refractivity contribution in [3.05, 3.63) is 71.4 Å². The molecule has 0 radical (unpaired) electrons. The third-order valence-corrected chi connectivity index (χ3v) is 4.90. The van der Waals surface area contributed by atoms with E-state index in [0.29, 0.717) is 6.04 Å². The highest BCUT2D eigenvalue weighted by Crippen LogP contribution is 2.36. The number of hydrogen-bond acceptors (Lipinski definition) is 4. The molecule has 0 fully saturated rings. The molecular weight excluding hydrogens is 320 g/mol. The second-order valence-electron chi connectivity index (χ2n) is 6.92. The van der Waals surface area contributed by atoms with Crippen molar-refractivity contribution in [2.24, 2.45) is 0 Å². The Kier molecular flexibility index (Phi) is 4.33. The van der Waals surface area contributed by atoms with Crippen molar-refractivity contribution in [1.82, 2.24) is 9.97 Å². The van der Waals surface area contributed by atoms with E-state index in [4.69, 9.17) is 9.97 Å². The van der Waals surface area contributed by atoms with Crippen LogP contribution in [0.15, 0.2) is 54.6 Å². The van der Waals surface area contributed by atoms with Gasteiger partial charge in [0.2, 0.25) is 5.95 Å². The van der Waals surface area contributed by atoms with Crippen LogP contribution in [0.5, 0.6) is 0 Å². The molecule has 0 saturated heterocycles. The van der Waals surface area contributed by atoms with Crippen LogP contribution in [0.2, 0.25) is 0 Å². The average Bonchev–Trinajstić information content (AvgIpc) is 2.97. The number of aromatic nitrogens is 2. The molecule has 2 aromatic carbocycles. The smallest absolute Gasteiger partial charge is 0.232 e. The number of hydrogen-bond donors (Lipinski definition) is 1. The summed E-state index contributed by atoms with van der Waals surface area (Å²) >= 11 is 0. The molecule has 2 heterocycles.